The Morgan fingerprint density at radius 2 is 1.68 bits per heavy atom. The van der Waals surface area contributed by atoms with Crippen LogP contribution in [0.5, 0.6) is 0 Å². The number of hydrogen-bond acceptors (Lipinski definition) is 3. The van der Waals surface area contributed by atoms with Gasteiger partial charge in [0.1, 0.15) is 6.54 Å². The van der Waals surface area contributed by atoms with Crippen LogP contribution in [0.2, 0.25) is 5.02 Å². The van der Waals surface area contributed by atoms with E-state index >= 15 is 0 Å². The van der Waals surface area contributed by atoms with Gasteiger partial charge in [-0.3, -0.25) is 14.2 Å². The number of carbonyl (C=O) groups is 1. The van der Waals surface area contributed by atoms with Crippen LogP contribution in [0.3, 0.4) is 0 Å². The Hall–Kier alpha value is -3.85. The molecule has 6 nitrogen and oxygen atoms in total. The highest BCUT2D eigenvalue weighted by Gasteiger charge is 2.30. The summed E-state index contributed by atoms with van der Waals surface area (Å²) in [5, 5.41) is 3.06. The van der Waals surface area contributed by atoms with Crippen LogP contribution in [-0.2, 0) is 24.1 Å². The van der Waals surface area contributed by atoms with Gasteiger partial charge in [-0.25, -0.2) is 9.36 Å². The third-order valence-corrected chi connectivity index (χ3v) is 5.40. The molecule has 0 aliphatic carbocycles. The lowest BCUT2D eigenvalue weighted by molar-refractivity contribution is -0.137. The second kappa shape index (κ2) is 9.18. The van der Waals surface area contributed by atoms with E-state index < -0.39 is 35.4 Å². The average Bonchev–Trinajstić information content (AvgIpc) is 2.80. The zero-order valence-electron chi connectivity index (χ0n) is 17.5. The van der Waals surface area contributed by atoms with E-state index in [0.29, 0.717) is 5.02 Å². The van der Waals surface area contributed by atoms with Crippen molar-refractivity contribution in [3.63, 3.8) is 0 Å². The van der Waals surface area contributed by atoms with Crippen molar-refractivity contribution in [3.05, 3.63) is 110 Å². The molecular weight excluding hydrogens is 471 g/mol. The van der Waals surface area contributed by atoms with Gasteiger partial charge < -0.3 is 5.32 Å². The van der Waals surface area contributed by atoms with Crippen LogP contribution in [0.4, 0.5) is 13.2 Å². The smallest absolute Gasteiger partial charge is 0.350 e. The molecule has 0 fully saturated rings. The van der Waals surface area contributed by atoms with E-state index in [9.17, 15) is 27.6 Å². The van der Waals surface area contributed by atoms with Gasteiger partial charge in [0.25, 0.3) is 5.56 Å². The number of fused-ring (bicyclic) bond motifs is 1. The molecule has 174 valence electrons. The van der Waals surface area contributed by atoms with Gasteiger partial charge in [-0.2, -0.15) is 13.2 Å². The van der Waals surface area contributed by atoms with Gasteiger partial charge in [0, 0.05) is 11.6 Å². The lowest BCUT2D eigenvalue weighted by Gasteiger charge is -2.14. The van der Waals surface area contributed by atoms with Crippen LogP contribution in [0.15, 0.2) is 82.4 Å². The highest BCUT2D eigenvalue weighted by atomic mass is 35.5. The van der Waals surface area contributed by atoms with Crippen LogP contribution in [-0.4, -0.2) is 15.0 Å². The minimum Gasteiger partial charge on any atom is -0.350 e. The molecule has 1 aromatic heterocycles. The first kappa shape index (κ1) is 23.3. The van der Waals surface area contributed by atoms with Gasteiger partial charge in [0.05, 0.1) is 22.2 Å². The number of carbonyl (C=O) groups excluding carboxylic acids is 1. The molecule has 0 aliphatic rings. The molecule has 4 aromatic rings. The number of alkyl halides is 3. The quantitative estimate of drug-likeness (QED) is 0.460. The predicted octanol–water partition coefficient (Wildman–Crippen LogP) is 4.14. The molecular formula is C24H17ClF3N3O3. The molecule has 10 heteroatoms. The van der Waals surface area contributed by atoms with E-state index in [1.807, 2.05) is 0 Å². The molecule has 1 amide bonds. The number of nitrogens with one attached hydrogen (secondary N) is 1. The minimum absolute atomic E-state index is 0.163. The second-order valence-electron chi connectivity index (χ2n) is 7.48. The third kappa shape index (κ3) is 4.74. The van der Waals surface area contributed by atoms with Gasteiger partial charge >= 0.3 is 11.9 Å². The number of amides is 1. The SMILES string of the molecule is O=C(Cn1c(=O)n(-c2cccc(Cl)c2)c(=O)c2ccccc21)NCc1cccc(C(F)(F)F)c1. The maximum Gasteiger partial charge on any atom is 0.416 e. The molecule has 0 spiro atoms. The molecule has 0 saturated carbocycles. The fraction of sp³-hybridized carbons (Fsp3) is 0.125. The summed E-state index contributed by atoms with van der Waals surface area (Å²) in [6.07, 6.45) is -4.50. The lowest BCUT2D eigenvalue weighted by atomic mass is 10.1. The molecule has 1 heterocycles. The summed E-state index contributed by atoms with van der Waals surface area (Å²) in [4.78, 5) is 38.9. The van der Waals surface area contributed by atoms with E-state index in [-0.39, 0.29) is 28.7 Å². The molecule has 34 heavy (non-hydrogen) atoms. The summed E-state index contributed by atoms with van der Waals surface area (Å²) in [5.41, 5.74) is -1.39. The fourth-order valence-electron chi connectivity index (χ4n) is 3.57. The van der Waals surface area contributed by atoms with Gasteiger partial charge in [0.15, 0.2) is 0 Å². The van der Waals surface area contributed by atoms with Crippen LogP contribution in [0, 0.1) is 0 Å². The van der Waals surface area contributed by atoms with Crippen molar-refractivity contribution in [3.8, 4) is 5.69 Å². The summed E-state index contributed by atoms with van der Waals surface area (Å²) in [7, 11) is 0. The molecule has 0 unspecified atom stereocenters. The maximum absolute atomic E-state index is 13.3. The van der Waals surface area contributed by atoms with Crippen molar-refractivity contribution in [2.24, 2.45) is 0 Å². The van der Waals surface area contributed by atoms with E-state index in [4.69, 9.17) is 11.6 Å². The van der Waals surface area contributed by atoms with E-state index in [1.165, 1.54) is 24.3 Å². The number of halogens is 4. The Morgan fingerprint density at radius 1 is 0.941 bits per heavy atom. The summed E-state index contributed by atoms with van der Waals surface area (Å²) >= 11 is 6.02. The Kier molecular flexibility index (Phi) is 6.30. The minimum atomic E-state index is -4.50. The first-order valence-corrected chi connectivity index (χ1v) is 10.5. The van der Waals surface area contributed by atoms with Gasteiger partial charge in [-0.05, 0) is 48.0 Å². The Morgan fingerprint density at radius 3 is 2.41 bits per heavy atom. The zero-order valence-corrected chi connectivity index (χ0v) is 18.2. The number of rotatable bonds is 5. The first-order valence-electron chi connectivity index (χ1n) is 10.1. The normalized spacial score (nSPS) is 11.5. The Bertz CT molecular complexity index is 1510. The van der Waals surface area contributed by atoms with E-state index in [2.05, 4.69) is 5.32 Å². The van der Waals surface area contributed by atoms with Crippen molar-refractivity contribution in [1.29, 1.82) is 0 Å². The predicted molar refractivity (Wildman–Crippen MR) is 122 cm³/mol. The Labute approximate surface area is 195 Å². The maximum atomic E-state index is 13.3. The van der Waals surface area contributed by atoms with Crippen molar-refractivity contribution in [1.82, 2.24) is 14.5 Å². The number of para-hydroxylation sites is 1. The second-order valence-corrected chi connectivity index (χ2v) is 7.92. The summed E-state index contributed by atoms with van der Waals surface area (Å²) < 4.78 is 40.8. The van der Waals surface area contributed by atoms with Crippen LogP contribution in [0.25, 0.3) is 16.6 Å². The van der Waals surface area contributed by atoms with E-state index in [1.54, 1.807) is 36.4 Å². The fourth-order valence-corrected chi connectivity index (χ4v) is 3.76. The molecule has 4 rings (SSSR count). The highest BCUT2D eigenvalue weighted by Crippen LogP contribution is 2.29. The molecule has 0 atom stereocenters. The molecule has 0 aliphatic heterocycles. The van der Waals surface area contributed by atoms with Gasteiger partial charge in [0.2, 0.25) is 5.91 Å². The molecule has 0 radical (unpaired) electrons. The topological polar surface area (TPSA) is 73.1 Å². The van der Waals surface area contributed by atoms with Crippen molar-refractivity contribution < 1.29 is 18.0 Å². The number of aromatic nitrogens is 2. The van der Waals surface area contributed by atoms with Crippen molar-refractivity contribution in [2.75, 3.05) is 0 Å². The number of nitrogens with zero attached hydrogens (tertiary/aromatic N) is 2. The van der Waals surface area contributed by atoms with Crippen molar-refractivity contribution in [2.45, 2.75) is 19.3 Å². The average molecular weight is 488 g/mol. The van der Waals surface area contributed by atoms with Crippen LogP contribution >= 0.6 is 11.6 Å². The number of benzene rings is 3. The molecule has 0 saturated heterocycles. The van der Waals surface area contributed by atoms with Crippen LogP contribution < -0.4 is 16.6 Å². The summed E-state index contributed by atoms with van der Waals surface area (Å²) in [6, 6.07) is 17.1. The lowest BCUT2D eigenvalue weighted by Crippen LogP contribution is -2.41. The molecule has 3 aromatic carbocycles. The van der Waals surface area contributed by atoms with Gasteiger partial charge in [-0.15, -0.1) is 0 Å². The molecule has 1 N–H and O–H groups in total. The largest absolute Gasteiger partial charge is 0.416 e. The number of hydrogen-bond donors (Lipinski definition) is 1. The molecule has 0 bridgehead atoms. The van der Waals surface area contributed by atoms with Crippen LogP contribution in [0.1, 0.15) is 11.1 Å². The van der Waals surface area contributed by atoms with Crippen molar-refractivity contribution >= 4 is 28.4 Å². The Balaban J connectivity index is 1.68. The third-order valence-electron chi connectivity index (χ3n) is 5.16. The monoisotopic (exact) mass is 487 g/mol. The van der Waals surface area contributed by atoms with Gasteiger partial charge in [-0.1, -0.05) is 41.9 Å². The first-order chi connectivity index (χ1) is 16.1. The summed E-state index contributed by atoms with van der Waals surface area (Å²) in [5.74, 6) is -0.610. The highest BCUT2D eigenvalue weighted by molar-refractivity contribution is 6.30. The van der Waals surface area contributed by atoms with E-state index in [0.717, 1.165) is 21.3 Å². The summed E-state index contributed by atoms with van der Waals surface area (Å²) in [6.45, 7) is -0.609. The zero-order chi connectivity index (χ0) is 24.5. The standard InChI is InChI=1S/C24H17ClF3N3O3/c25-17-7-4-8-18(12-17)31-22(33)19-9-1-2-10-20(19)30(23(31)34)14-21(32)29-13-15-5-3-6-16(11-15)24(26,27)28/h1-12H,13-14H2,(H,29,32).